The van der Waals surface area contributed by atoms with Gasteiger partial charge in [-0.15, -0.1) is 0 Å². The topological polar surface area (TPSA) is 45.2 Å². The number of carbonyl (C=O) groups excluding carboxylic acids is 1. The number of likely N-dealkylation sites (tertiary alicyclic amines) is 1. The van der Waals surface area contributed by atoms with Gasteiger partial charge in [0.05, 0.1) is 5.56 Å². The highest BCUT2D eigenvalue weighted by molar-refractivity contribution is 9.10. The molecule has 0 radical (unpaired) electrons. The van der Waals surface area contributed by atoms with E-state index in [1.165, 1.54) is 12.8 Å². The Kier molecular flexibility index (Phi) is 4.80. The van der Waals surface area contributed by atoms with Gasteiger partial charge in [0, 0.05) is 30.8 Å². The SMILES string of the molecule is CCCC1CCN(C(=O)c2cc(Br)cnc2NC)C1. The van der Waals surface area contributed by atoms with Crippen molar-refractivity contribution in [2.75, 3.05) is 25.5 Å². The van der Waals surface area contributed by atoms with Crippen molar-refractivity contribution in [3.8, 4) is 0 Å². The van der Waals surface area contributed by atoms with Crippen molar-refractivity contribution in [3.05, 3.63) is 22.3 Å². The molecule has 1 N–H and O–H groups in total. The van der Waals surface area contributed by atoms with Gasteiger partial charge in [-0.3, -0.25) is 4.79 Å². The maximum atomic E-state index is 12.6. The van der Waals surface area contributed by atoms with Gasteiger partial charge in [0.25, 0.3) is 5.91 Å². The first-order chi connectivity index (χ1) is 9.15. The molecule has 1 fully saturated rings. The number of aromatic nitrogens is 1. The van der Waals surface area contributed by atoms with E-state index < -0.39 is 0 Å². The van der Waals surface area contributed by atoms with E-state index >= 15 is 0 Å². The van der Waals surface area contributed by atoms with Crippen LogP contribution >= 0.6 is 15.9 Å². The number of hydrogen-bond donors (Lipinski definition) is 1. The van der Waals surface area contributed by atoms with Crippen molar-refractivity contribution >= 4 is 27.7 Å². The van der Waals surface area contributed by atoms with Crippen LogP contribution in [-0.2, 0) is 0 Å². The lowest BCUT2D eigenvalue weighted by molar-refractivity contribution is 0.0787. The Bertz CT molecular complexity index is 464. The van der Waals surface area contributed by atoms with E-state index in [1.54, 1.807) is 13.2 Å². The fourth-order valence-corrected chi connectivity index (χ4v) is 2.96. The quantitative estimate of drug-likeness (QED) is 0.924. The molecule has 2 rings (SSSR count). The van der Waals surface area contributed by atoms with Crippen LogP contribution in [0.25, 0.3) is 0 Å². The van der Waals surface area contributed by atoms with Crippen LogP contribution in [-0.4, -0.2) is 35.9 Å². The van der Waals surface area contributed by atoms with E-state index in [4.69, 9.17) is 0 Å². The number of anilines is 1. The summed E-state index contributed by atoms with van der Waals surface area (Å²) in [6, 6.07) is 1.84. The van der Waals surface area contributed by atoms with Crippen molar-refractivity contribution in [3.63, 3.8) is 0 Å². The van der Waals surface area contributed by atoms with Crippen LogP contribution in [0.15, 0.2) is 16.7 Å². The minimum atomic E-state index is 0.0803. The van der Waals surface area contributed by atoms with E-state index in [0.29, 0.717) is 17.3 Å². The second-order valence-corrected chi connectivity index (χ2v) is 5.91. The van der Waals surface area contributed by atoms with Crippen LogP contribution in [0, 0.1) is 5.92 Å². The average molecular weight is 326 g/mol. The molecule has 19 heavy (non-hydrogen) atoms. The number of rotatable bonds is 4. The molecule has 1 aromatic heterocycles. The minimum absolute atomic E-state index is 0.0803. The summed E-state index contributed by atoms with van der Waals surface area (Å²) >= 11 is 3.38. The second-order valence-electron chi connectivity index (χ2n) is 4.99. The highest BCUT2D eigenvalue weighted by Crippen LogP contribution is 2.25. The summed E-state index contributed by atoms with van der Waals surface area (Å²) in [4.78, 5) is 18.7. The highest BCUT2D eigenvalue weighted by atomic mass is 79.9. The molecule has 5 heteroatoms. The molecular weight excluding hydrogens is 306 g/mol. The smallest absolute Gasteiger partial charge is 0.257 e. The first-order valence-corrected chi connectivity index (χ1v) is 7.57. The van der Waals surface area contributed by atoms with Gasteiger partial charge >= 0.3 is 0 Å². The lowest BCUT2D eigenvalue weighted by Gasteiger charge is -2.18. The number of pyridine rings is 1. The number of carbonyl (C=O) groups is 1. The monoisotopic (exact) mass is 325 g/mol. The third kappa shape index (κ3) is 3.26. The normalized spacial score (nSPS) is 18.7. The van der Waals surface area contributed by atoms with Crippen molar-refractivity contribution in [1.82, 2.24) is 9.88 Å². The zero-order chi connectivity index (χ0) is 13.8. The molecule has 1 aliphatic rings. The summed E-state index contributed by atoms with van der Waals surface area (Å²) in [5.41, 5.74) is 0.647. The summed E-state index contributed by atoms with van der Waals surface area (Å²) in [5, 5.41) is 2.98. The Labute approximate surface area is 122 Å². The number of nitrogens with zero attached hydrogens (tertiary/aromatic N) is 2. The molecule has 0 aliphatic carbocycles. The number of amides is 1. The van der Waals surface area contributed by atoms with Gasteiger partial charge in [-0.1, -0.05) is 13.3 Å². The lowest BCUT2D eigenvalue weighted by atomic mass is 10.0. The predicted octanol–water partition coefficient (Wildman–Crippen LogP) is 3.15. The van der Waals surface area contributed by atoms with Crippen LogP contribution in [0.2, 0.25) is 0 Å². The molecule has 2 heterocycles. The second kappa shape index (κ2) is 6.37. The van der Waals surface area contributed by atoms with E-state index in [1.807, 2.05) is 11.0 Å². The van der Waals surface area contributed by atoms with Gasteiger partial charge in [0.1, 0.15) is 5.82 Å². The van der Waals surface area contributed by atoms with Gasteiger partial charge in [-0.2, -0.15) is 0 Å². The first-order valence-electron chi connectivity index (χ1n) is 6.78. The van der Waals surface area contributed by atoms with Crippen LogP contribution < -0.4 is 5.32 Å². The molecule has 0 aromatic carbocycles. The highest BCUT2D eigenvalue weighted by Gasteiger charge is 2.27. The van der Waals surface area contributed by atoms with Gasteiger partial charge in [0.15, 0.2) is 0 Å². The lowest BCUT2D eigenvalue weighted by Crippen LogP contribution is -2.29. The maximum Gasteiger partial charge on any atom is 0.257 e. The van der Waals surface area contributed by atoms with Gasteiger partial charge in [-0.25, -0.2) is 4.98 Å². The standard InChI is InChI=1S/C14H20BrN3O/c1-3-4-10-5-6-18(9-10)14(19)12-7-11(15)8-17-13(12)16-2/h7-8,10H,3-6,9H2,1-2H3,(H,16,17). The molecule has 1 atom stereocenters. The van der Waals surface area contributed by atoms with E-state index in [0.717, 1.165) is 24.0 Å². The van der Waals surface area contributed by atoms with Gasteiger partial charge in [0.2, 0.25) is 0 Å². The number of halogens is 1. The zero-order valence-corrected chi connectivity index (χ0v) is 13.0. The average Bonchev–Trinajstić information content (AvgIpc) is 2.87. The molecule has 0 spiro atoms. The van der Waals surface area contributed by atoms with Gasteiger partial charge in [-0.05, 0) is 40.8 Å². The third-order valence-corrected chi connectivity index (χ3v) is 4.03. The number of nitrogens with one attached hydrogen (secondary N) is 1. The van der Waals surface area contributed by atoms with Crippen molar-refractivity contribution in [2.24, 2.45) is 5.92 Å². The summed E-state index contributed by atoms with van der Waals surface area (Å²) in [6.45, 7) is 3.93. The number of hydrogen-bond acceptors (Lipinski definition) is 3. The molecule has 1 saturated heterocycles. The molecule has 1 aliphatic heterocycles. The molecule has 1 aromatic rings. The molecule has 1 unspecified atom stereocenters. The van der Waals surface area contributed by atoms with Crippen molar-refractivity contribution in [1.29, 1.82) is 0 Å². The molecular formula is C14H20BrN3O. The Morgan fingerprint density at radius 2 is 2.42 bits per heavy atom. The summed E-state index contributed by atoms with van der Waals surface area (Å²) in [6.07, 6.45) is 5.22. The summed E-state index contributed by atoms with van der Waals surface area (Å²) < 4.78 is 0.833. The Hall–Kier alpha value is -1.10. The van der Waals surface area contributed by atoms with Crippen LogP contribution in [0.5, 0.6) is 0 Å². The molecule has 4 nitrogen and oxygen atoms in total. The first kappa shape index (κ1) is 14.3. The Balaban J connectivity index is 2.14. The zero-order valence-electron chi connectivity index (χ0n) is 11.4. The van der Waals surface area contributed by atoms with E-state index in [-0.39, 0.29) is 5.91 Å². The van der Waals surface area contributed by atoms with Crippen LogP contribution in [0.1, 0.15) is 36.5 Å². The minimum Gasteiger partial charge on any atom is -0.372 e. The van der Waals surface area contributed by atoms with Crippen molar-refractivity contribution < 1.29 is 4.79 Å². The van der Waals surface area contributed by atoms with Crippen molar-refractivity contribution in [2.45, 2.75) is 26.2 Å². The molecule has 0 saturated carbocycles. The Morgan fingerprint density at radius 3 is 3.11 bits per heavy atom. The molecule has 1 amide bonds. The summed E-state index contributed by atoms with van der Waals surface area (Å²) in [7, 11) is 1.79. The predicted molar refractivity (Wildman–Crippen MR) is 80.4 cm³/mol. The summed E-state index contributed by atoms with van der Waals surface area (Å²) in [5.74, 6) is 1.39. The van der Waals surface area contributed by atoms with Crippen LogP contribution in [0.3, 0.4) is 0 Å². The fourth-order valence-electron chi connectivity index (χ4n) is 2.63. The van der Waals surface area contributed by atoms with E-state index in [9.17, 15) is 4.79 Å². The molecule has 104 valence electrons. The fraction of sp³-hybridized carbons (Fsp3) is 0.571. The van der Waals surface area contributed by atoms with Crippen LogP contribution in [0.4, 0.5) is 5.82 Å². The van der Waals surface area contributed by atoms with Gasteiger partial charge < -0.3 is 10.2 Å². The molecule has 0 bridgehead atoms. The maximum absolute atomic E-state index is 12.6. The third-order valence-electron chi connectivity index (χ3n) is 3.59. The largest absolute Gasteiger partial charge is 0.372 e. The Morgan fingerprint density at radius 1 is 1.63 bits per heavy atom. The van der Waals surface area contributed by atoms with E-state index in [2.05, 4.69) is 33.2 Å².